The number of hydrogen-bond acceptors (Lipinski definition) is 3. The molecule has 5 nitrogen and oxygen atoms in total. The molecule has 1 aliphatic heterocycles. The summed E-state index contributed by atoms with van der Waals surface area (Å²) in [6.07, 6.45) is 4.79. The van der Waals surface area contributed by atoms with Gasteiger partial charge in [-0.1, -0.05) is 0 Å². The molecule has 1 amide bonds. The Kier molecular flexibility index (Phi) is 4.74. The molecule has 0 radical (unpaired) electrons. The fraction of sp³-hybridized carbons (Fsp3) is 0.571. The highest BCUT2D eigenvalue weighted by Crippen LogP contribution is 2.16. The van der Waals surface area contributed by atoms with Crippen LogP contribution in [0.25, 0.3) is 0 Å². The first kappa shape index (κ1) is 13.8. The number of rotatable bonds is 4. The smallest absolute Gasteiger partial charge is 0.263 e. The molecular weight excluding hydrogens is 244 g/mol. The first-order valence-corrected chi connectivity index (χ1v) is 6.70. The second kappa shape index (κ2) is 6.52. The highest BCUT2D eigenvalue weighted by Gasteiger charge is 2.15. The molecule has 5 heteroatoms. The number of carbonyl (C=O) groups excluding carboxylic acids is 1. The number of aryl methyl sites for hydroxylation is 1. The van der Waals surface area contributed by atoms with Crippen molar-refractivity contribution in [1.82, 2.24) is 9.88 Å². The largest absolute Gasteiger partial charge is 0.381 e. The van der Waals surface area contributed by atoms with E-state index < -0.39 is 0 Å². The molecule has 1 aromatic rings. The van der Waals surface area contributed by atoms with Crippen LogP contribution in [0.1, 0.15) is 29.6 Å². The first-order valence-electron chi connectivity index (χ1n) is 6.70. The molecule has 1 aromatic heterocycles. The lowest BCUT2D eigenvalue weighted by Crippen LogP contribution is -2.33. The van der Waals surface area contributed by atoms with Crippen LogP contribution in [-0.2, 0) is 11.8 Å². The van der Waals surface area contributed by atoms with Gasteiger partial charge in [-0.3, -0.25) is 9.59 Å². The van der Waals surface area contributed by atoms with Crippen molar-refractivity contribution in [2.75, 3.05) is 19.8 Å². The monoisotopic (exact) mass is 264 g/mol. The summed E-state index contributed by atoms with van der Waals surface area (Å²) in [7, 11) is 1.64. The van der Waals surface area contributed by atoms with Crippen LogP contribution in [0.4, 0.5) is 0 Å². The van der Waals surface area contributed by atoms with Crippen LogP contribution in [0.15, 0.2) is 23.1 Å². The Labute approximate surface area is 112 Å². The number of amides is 1. The molecule has 0 spiro atoms. The maximum Gasteiger partial charge on any atom is 0.263 e. The van der Waals surface area contributed by atoms with Gasteiger partial charge in [-0.25, -0.2) is 0 Å². The number of carbonyl (C=O) groups is 1. The Morgan fingerprint density at radius 3 is 3.16 bits per heavy atom. The number of ether oxygens (including phenoxy) is 1. The molecule has 1 atom stereocenters. The van der Waals surface area contributed by atoms with Gasteiger partial charge in [0.1, 0.15) is 5.56 Å². The zero-order valence-electron chi connectivity index (χ0n) is 11.2. The minimum Gasteiger partial charge on any atom is -0.381 e. The summed E-state index contributed by atoms with van der Waals surface area (Å²) in [4.78, 5) is 23.7. The van der Waals surface area contributed by atoms with E-state index in [2.05, 4.69) is 5.32 Å². The van der Waals surface area contributed by atoms with Crippen molar-refractivity contribution in [3.8, 4) is 0 Å². The maximum atomic E-state index is 11.9. The van der Waals surface area contributed by atoms with Crippen molar-refractivity contribution >= 4 is 5.91 Å². The molecule has 19 heavy (non-hydrogen) atoms. The zero-order valence-corrected chi connectivity index (χ0v) is 11.2. The number of pyridine rings is 1. The molecule has 104 valence electrons. The number of hydrogen-bond donors (Lipinski definition) is 1. The number of aromatic nitrogens is 1. The lowest BCUT2D eigenvalue weighted by atomic mass is 9.99. The minimum atomic E-state index is -0.294. The van der Waals surface area contributed by atoms with E-state index in [1.165, 1.54) is 4.57 Å². The highest BCUT2D eigenvalue weighted by molar-refractivity contribution is 5.93. The van der Waals surface area contributed by atoms with Crippen LogP contribution in [0.5, 0.6) is 0 Å². The van der Waals surface area contributed by atoms with E-state index >= 15 is 0 Å². The van der Waals surface area contributed by atoms with E-state index in [1.807, 2.05) is 0 Å². The van der Waals surface area contributed by atoms with Crippen LogP contribution in [-0.4, -0.2) is 30.2 Å². The molecule has 2 heterocycles. The topological polar surface area (TPSA) is 60.3 Å². The summed E-state index contributed by atoms with van der Waals surface area (Å²) < 4.78 is 6.80. The molecule has 1 aliphatic rings. The van der Waals surface area contributed by atoms with Crippen molar-refractivity contribution in [1.29, 1.82) is 0 Å². The number of nitrogens with one attached hydrogen (secondary N) is 1. The number of nitrogens with zero attached hydrogens (tertiary/aromatic N) is 1. The normalized spacial score (nSPS) is 19.1. The standard InChI is InChI=1S/C14H20N2O3/c1-16-8-2-5-12(14(16)18)13(17)15-7-6-11-4-3-9-19-10-11/h2,5,8,11H,3-4,6-7,9-10H2,1H3,(H,15,17). The van der Waals surface area contributed by atoms with E-state index in [0.717, 1.165) is 32.5 Å². The predicted molar refractivity (Wildman–Crippen MR) is 72.2 cm³/mol. The Morgan fingerprint density at radius 2 is 2.42 bits per heavy atom. The lowest BCUT2D eigenvalue weighted by Gasteiger charge is -2.21. The van der Waals surface area contributed by atoms with Gasteiger partial charge in [-0.05, 0) is 37.3 Å². The molecule has 1 saturated heterocycles. The molecule has 1 N–H and O–H groups in total. The molecule has 0 bridgehead atoms. The van der Waals surface area contributed by atoms with Crippen molar-refractivity contribution in [3.63, 3.8) is 0 Å². The van der Waals surface area contributed by atoms with Gasteiger partial charge in [0.05, 0.1) is 0 Å². The quantitative estimate of drug-likeness (QED) is 0.880. The average Bonchev–Trinajstić information content (AvgIpc) is 2.43. The van der Waals surface area contributed by atoms with Gasteiger partial charge in [-0.2, -0.15) is 0 Å². The fourth-order valence-electron chi connectivity index (χ4n) is 2.29. The van der Waals surface area contributed by atoms with E-state index in [-0.39, 0.29) is 17.0 Å². The van der Waals surface area contributed by atoms with Gasteiger partial charge in [0.15, 0.2) is 0 Å². The Hall–Kier alpha value is -1.62. The predicted octanol–water partition coefficient (Wildman–Crippen LogP) is 0.932. The minimum absolute atomic E-state index is 0.199. The van der Waals surface area contributed by atoms with Gasteiger partial charge in [0.2, 0.25) is 0 Å². The van der Waals surface area contributed by atoms with Gasteiger partial charge in [0, 0.05) is 33.0 Å². The van der Waals surface area contributed by atoms with E-state index in [4.69, 9.17) is 4.74 Å². The third-order valence-electron chi connectivity index (χ3n) is 3.46. The second-order valence-corrected chi connectivity index (χ2v) is 4.97. The van der Waals surface area contributed by atoms with Crippen LogP contribution < -0.4 is 10.9 Å². The summed E-state index contributed by atoms with van der Waals surface area (Å²) in [5.74, 6) is 0.227. The molecule has 1 unspecified atom stereocenters. The van der Waals surface area contributed by atoms with Crippen LogP contribution in [0.3, 0.4) is 0 Å². The summed E-state index contributed by atoms with van der Waals surface area (Å²) in [5, 5.41) is 2.81. The SMILES string of the molecule is Cn1cccc(C(=O)NCCC2CCCOC2)c1=O. The Balaban J connectivity index is 1.84. The molecule has 2 rings (SSSR count). The van der Waals surface area contributed by atoms with Gasteiger partial charge < -0.3 is 14.6 Å². The average molecular weight is 264 g/mol. The zero-order chi connectivity index (χ0) is 13.7. The van der Waals surface area contributed by atoms with Crippen molar-refractivity contribution in [3.05, 3.63) is 34.2 Å². The van der Waals surface area contributed by atoms with Crippen LogP contribution in [0, 0.1) is 5.92 Å². The Bertz CT molecular complexity index is 490. The van der Waals surface area contributed by atoms with Gasteiger partial charge >= 0.3 is 0 Å². The molecular formula is C14H20N2O3. The third kappa shape index (κ3) is 3.67. The molecule has 0 saturated carbocycles. The summed E-state index contributed by atoms with van der Waals surface area (Å²) >= 11 is 0. The van der Waals surface area contributed by atoms with E-state index in [0.29, 0.717) is 12.5 Å². The summed E-state index contributed by atoms with van der Waals surface area (Å²) in [6, 6.07) is 3.26. The third-order valence-corrected chi connectivity index (χ3v) is 3.46. The molecule has 1 fully saturated rings. The summed E-state index contributed by atoms with van der Waals surface area (Å²) in [5.41, 5.74) is -0.0640. The highest BCUT2D eigenvalue weighted by atomic mass is 16.5. The Morgan fingerprint density at radius 1 is 1.58 bits per heavy atom. The second-order valence-electron chi connectivity index (χ2n) is 4.97. The van der Waals surface area contributed by atoms with Crippen LogP contribution >= 0.6 is 0 Å². The summed E-state index contributed by atoms with van der Waals surface area (Å²) in [6.45, 7) is 2.22. The van der Waals surface area contributed by atoms with E-state index in [9.17, 15) is 9.59 Å². The lowest BCUT2D eigenvalue weighted by molar-refractivity contribution is 0.0514. The van der Waals surface area contributed by atoms with Crippen molar-refractivity contribution in [2.45, 2.75) is 19.3 Å². The van der Waals surface area contributed by atoms with Gasteiger partial charge in [0.25, 0.3) is 11.5 Å². The molecule has 0 aliphatic carbocycles. The van der Waals surface area contributed by atoms with Crippen LogP contribution in [0.2, 0.25) is 0 Å². The fourth-order valence-corrected chi connectivity index (χ4v) is 2.29. The van der Waals surface area contributed by atoms with Crippen molar-refractivity contribution in [2.24, 2.45) is 13.0 Å². The van der Waals surface area contributed by atoms with E-state index in [1.54, 1.807) is 25.4 Å². The first-order chi connectivity index (χ1) is 9.18. The van der Waals surface area contributed by atoms with Crippen molar-refractivity contribution < 1.29 is 9.53 Å². The maximum absolute atomic E-state index is 11.9. The van der Waals surface area contributed by atoms with Gasteiger partial charge in [-0.15, -0.1) is 0 Å². The molecule has 0 aromatic carbocycles.